The van der Waals surface area contributed by atoms with Gasteiger partial charge in [-0.15, -0.1) is 0 Å². The van der Waals surface area contributed by atoms with Gasteiger partial charge in [0.05, 0.1) is 11.5 Å². The van der Waals surface area contributed by atoms with Crippen molar-refractivity contribution in [1.29, 1.82) is 0 Å². The van der Waals surface area contributed by atoms with Crippen LogP contribution in [-0.2, 0) is 14.3 Å². The SMILES string of the molecule is C[C@@H]1C(=O)O[C@@H]2[C@@H]1CC[C@]1(C)C(=O)CC[C@](C)(O)[C@@H]21. The number of ether oxygens (including phenoxy) is 1. The molecule has 3 rings (SSSR count). The van der Waals surface area contributed by atoms with Crippen molar-refractivity contribution in [3.05, 3.63) is 0 Å². The third kappa shape index (κ3) is 1.62. The minimum Gasteiger partial charge on any atom is -0.461 e. The fourth-order valence-electron chi connectivity index (χ4n) is 4.66. The summed E-state index contributed by atoms with van der Waals surface area (Å²) < 4.78 is 5.54. The highest BCUT2D eigenvalue weighted by molar-refractivity contribution is 5.86. The first-order valence-electron chi connectivity index (χ1n) is 7.23. The number of ketones is 1. The number of carbonyl (C=O) groups is 2. The van der Waals surface area contributed by atoms with Gasteiger partial charge in [0.15, 0.2) is 0 Å². The molecule has 0 amide bonds. The molecule has 4 heteroatoms. The van der Waals surface area contributed by atoms with Crippen molar-refractivity contribution >= 4 is 11.8 Å². The molecule has 2 aliphatic carbocycles. The maximum Gasteiger partial charge on any atom is 0.309 e. The van der Waals surface area contributed by atoms with Crippen LogP contribution in [0, 0.1) is 23.2 Å². The van der Waals surface area contributed by atoms with E-state index in [-0.39, 0.29) is 35.6 Å². The summed E-state index contributed by atoms with van der Waals surface area (Å²) in [7, 11) is 0. The van der Waals surface area contributed by atoms with Crippen molar-refractivity contribution in [1.82, 2.24) is 0 Å². The Morgan fingerprint density at radius 3 is 2.63 bits per heavy atom. The molecule has 0 aromatic carbocycles. The van der Waals surface area contributed by atoms with Gasteiger partial charge in [-0.25, -0.2) is 0 Å². The van der Waals surface area contributed by atoms with Gasteiger partial charge in [-0.1, -0.05) is 13.8 Å². The van der Waals surface area contributed by atoms with E-state index in [1.807, 2.05) is 13.8 Å². The molecule has 0 radical (unpaired) electrons. The maximum atomic E-state index is 12.3. The van der Waals surface area contributed by atoms with Crippen molar-refractivity contribution in [3.8, 4) is 0 Å². The zero-order valence-electron chi connectivity index (χ0n) is 11.8. The number of Topliss-reactive ketones (excluding diaryl/α,β-unsaturated/α-hetero) is 1. The Bertz CT molecular complexity index is 441. The Hall–Kier alpha value is -0.900. The summed E-state index contributed by atoms with van der Waals surface area (Å²) >= 11 is 0. The van der Waals surface area contributed by atoms with Crippen molar-refractivity contribution in [3.63, 3.8) is 0 Å². The van der Waals surface area contributed by atoms with Crippen molar-refractivity contribution in [2.24, 2.45) is 23.2 Å². The number of hydrogen-bond donors (Lipinski definition) is 1. The molecule has 3 aliphatic rings. The highest BCUT2D eigenvalue weighted by Gasteiger charge is 2.63. The first-order valence-corrected chi connectivity index (χ1v) is 7.23. The molecule has 0 aromatic heterocycles. The van der Waals surface area contributed by atoms with E-state index < -0.39 is 11.0 Å². The van der Waals surface area contributed by atoms with E-state index >= 15 is 0 Å². The lowest BCUT2D eigenvalue weighted by atomic mass is 9.51. The Morgan fingerprint density at radius 1 is 1.26 bits per heavy atom. The van der Waals surface area contributed by atoms with E-state index in [9.17, 15) is 14.7 Å². The second-order valence-corrected chi connectivity index (χ2v) is 7.07. The summed E-state index contributed by atoms with van der Waals surface area (Å²) in [6.45, 7) is 5.64. The Balaban J connectivity index is 2.03. The van der Waals surface area contributed by atoms with Crippen molar-refractivity contribution in [2.75, 3.05) is 0 Å². The van der Waals surface area contributed by atoms with E-state index in [0.717, 1.165) is 12.8 Å². The summed E-state index contributed by atoms with van der Waals surface area (Å²) in [6, 6.07) is 0. The third-order valence-electron chi connectivity index (χ3n) is 5.87. The van der Waals surface area contributed by atoms with Crippen LogP contribution in [0.5, 0.6) is 0 Å². The van der Waals surface area contributed by atoms with Crippen LogP contribution in [-0.4, -0.2) is 28.6 Å². The van der Waals surface area contributed by atoms with Gasteiger partial charge in [-0.3, -0.25) is 9.59 Å². The van der Waals surface area contributed by atoms with Gasteiger partial charge < -0.3 is 9.84 Å². The largest absolute Gasteiger partial charge is 0.461 e. The summed E-state index contributed by atoms with van der Waals surface area (Å²) in [5.41, 5.74) is -1.45. The molecule has 2 saturated carbocycles. The maximum absolute atomic E-state index is 12.3. The predicted octanol–water partition coefficient (Wildman–Crippen LogP) is 1.69. The van der Waals surface area contributed by atoms with Gasteiger partial charge in [0.1, 0.15) is 11.9 Å². The molecule has 6 atom stereocenters. The molecule has 106 valence electrons. The molecular weight excluding hydrogens is 244 g/mol. The van der Waals surface area contributed by atoms with E-state index in [2.05, 4.69) is 0 Å². The normalized spacial score (nSPS) is 53.5. The first-order chi connectivity index (χ1) is 8.77. The zero-order chi connectivity index (χ0) is 14.0. The van der Waals surface area contributed by atoms with Gasteiger partial charge in [0.25, 0.3) is 0 Å². The lowest BCUT2D eigenvalue weighted by Gasteiger charge is -2.54. The predicted molar refractivity (Wildman–Crippen MR) is 68.2 cm³/mol. The van der Waals surface area contributed by atoms with Crippen LogP contribution in [0.15, 0.2) is 0 Å². The van der Waals surface area contributed by atoms with Crippen LogP contribution in [0.2, 0.25) is 0 Å². The summed E-state index contributed by atoms with van der Waals surface area (Å²) in [5, 5.41) is 10.7. The second kappa shape index (κ2) is 3.81. The minimum atomic E-state index is -0.920. The van der Waals surface area contributed by atoms with Crippen LogP contribution in [0.1, 0.15) is 46.5 Å². The molecule has 0 unspecified atom stereocenters. The molecule has 0 bridgehead atoms. The molecule has 1 aliphatic heterocycles. The van der Waals surface area contributed by atoms with Crippen molar-refractivity contribution in [2.45, 2.75) is 58.2 Å². The van der Waals surface area contributed by atoms with Gasteiger partial charge >= 0.3 is 5.97 Å². The molecule has 3 fully saturated rings. The third-order valence-corrected chi connectivity index (χ3v) is 5.87. The Labute approximate surface area is 113 Å². The fourth-order valence-corrected chi connectivity index (χ4v) is 4.66. The number of fused-ring (bicyclic) bond motifs is 3. The lowest BCUT2D eigenvalue weighted by Crippen LogP contribution is -2.61. The van der Waals surface area contributed by atoms with E-state index in [4.69, 9.17) is 4.74 Å². The average Bonchev–Trinajstić information content (AvgIpc) is 2.60. The number of aliphatic hydroxyl groups is 1. The smallest absolute Gasteiger partial charge is 0.309 e. The number of hydrogen-bond acceptors (Lipinski definition) is 4. The molecule has 1 N–H and O–H groups in total. The molecule has 0 aromatic rings. The highest BCUT2D eigenvalue weighted by atomic mass is 16.6. The van der Waals surface area contributed by atoms with E-state index in [0.29, 0.717) is 12.8 Å². The number of rotatable bonds is 0. The minimum absolute atomic E-state index is 0.109. The Kier molecular flexibility index (Phi) is 2.63. The summed E-state index contributed by atoms with van der Waals surface area (Å²) in [5.74, 6) is -0.162. The molecule has 1 heterocycles. The van der Waals surface area contributed by atoms with Crippen LogP contribution < -0.4 is 0 Å². The van der Waals surface area contributed by atoms with Crippen LogP contribution in [0.3, 0.4) is 0 Å². The Morgan fingerprint density at radius 2 is 1.95 bits per heavy atom. The van der Waals surface area contributed by atoms with E-state index in [1.54, 1.807) is 6.92 Å². The molecule has 4 nitrogen and oxygen atoms in total. The molecular formula is C15H22O4. The molecule has 0 spiro atoms. The van der Waals surface area contributed by atoms with Gasteiger partial charge in [0.2, 0.25) is 0 Å². The van der Waals surface area contributed by atoms with E-state index in [1.165, 1.54) is 0 Å². The quantitative estimate of drug-likeness (QED) is 0.678. The van der Waals surface area contributed by atoms with Gasteiger partial charge in [-0.05, 0) is 26.2 Å². The van der Waals surface area contributed by atoms with Crippen LogP contribution in [0.25, 0.3) is 0 Å². The molecule has 19 heavy (non-hydrogen) atoms. The number of esters is 1. The second-order valence-electron chi connectivity index (χ2n) is 7.07. The monoisotopic (exact) mass is 266 g/mol. The topological polar surface area (TPSA) is 63.6 Å². The fraction of sp³-hybridized carbons (Fsp3) is 0.867. The summed E-state index contributed by atoms with van der Waals surface area (Å²) in [6.07, 6.45) is 2.21. The average molecular weight is 266 g/mol. The lowest BCUT2D eigenvalue weighted by molar-refractivity contribution is -0.186. The zero-order valence-corrected chi connectivity index (χ0v) is 11.8. The van der Waals surface area contributed by atoms with Crippen LogP contribution in [0.4, 0.5) is 0 Å². The standard InChI is InChI=1S/C15H22O4/c1-8-9-4-6-14(2)10(16)5-7-15(3,18)12(14)11(9)19-13(8)17/h8-9,11-12,18H,4-7H2,1-3H3/t8-,9+,11+,12-,14+,15-/m0/s1. The van der Waals surface area contributed by atoms with Crippen molar-refractivity contribution < 1.29 is 19.4 Å². The first kappa shape index (κ1) is 13.1. The number of carbonyl (C=O) groups excluding carboxylic acids is 2. The van der Waals surface area contributed by atoms with Gasteiger partial charge in [0, 0.05) is 23.7 Å². The summed E-state index contributed by atoms with van der Waals surface area (Å²) in [4.78, 5) is 24.2. The molecule has 1 saturated heterocycles. The highest BCUT2D eigenvalue weighted by Crippen LogP contribution is 2.57. The van der Waals surface area contributed by atoms with Crippen LogP contribution >= 0.6 is 0 Å². The van der Waals surface area contributed by atoms with Gasteiger partial charge in [-0.2, -0.15) is 0 Å².